The number of carbonyl (C=O) groups excluding carboxylic acids is 1. The van der Waals surface area contributed by atoms with E-state index in [0.717, 1.165) is 43.6 Å². The first-order valence-electron chi connectivity index (χ1n) is 6.92. The number of nitrogens with one attached hydrogen (secondary N) is 1. The molecule has 3 nitrogen and oxygen atoms in total. The Labute approximate surface area is 132 Å². The molecular weight excluding hydrogens is 295 g/mol. The molecular formula is C15H22Cl2N2O. The third-order valence-corrected chi connectivity index (χ3v) is 4.11. The number of nitrogens with zero attached hydrogens (tertiary/aromatic N) is 1. The summed E-state index contributed by atoms with van der Waals surface area (Å²) in [6.45, 7) is 6.70. The van der Waals surface area contributed by atoms with Crippen LogP contribution in [0.2, 0.25) is 5.02 Å². The fraction of sp³-hybridized carbons (Fsp3) is 0.533. The van der Waals surface area contributed by atoms with Gasteiger partial charge in [-0.3, -0.25) is 4.79 Å². The van der Waals surface area contributed by atoms with Gasteiger partial charge in [-0.1, -0.05) is 24.6 Å². The summed E-state index contributed by atoms with van der Waals surface area (Å²) in [5.41, 5.74) is 1.61. The van der Waals surface area contributed by atoms with Crippen molar-refractivity contribution in [2.24, 2.45) is 0 Å². The van der Waals surface area contributed by atoms with E-state index in [1.165, 1.54) is 0 Å². The van der Waals surface area contributed by atoms with Gasteiger partial charge in [-0.05, 0) is 44.0 Å². The minimum atomic E-state index is 0. The van der Waals surface area contributed by atoms with Crippen LogP contribution < -0.4 is 5.32 Å². The minimum absolute atomic E-state index is 0. The maximum Gasteiger partial charge on any atom is 0.254 e. The smallest absolute Gasteiger partial charge is 0.254 e. The van der Waals surface area contributed by atoms with Crippen LogP contribution in [-0.2, 0) is 0 Å². The first-order valence-corrected chi connectivity index (χ1v) is 7.29. The van der Waals surface area contributed by atoms with Crippen molar-refractivity contribution in [3.8, 4) is 0 Å². The Kier molecular flexibility index (Phi) is 6.80. The van der Waals surface area contributed by atoms with Crippen LogP contribution in [0.3, 0.4) is 0 Å². The number of hydrogen-bond acceptors (Lipinski definition) is 2. The molecule has 112 valence electrons. The van der Waals surface area contributed by atoms with E-state index in [9.17, 15) is 4.79 Å². The predicted molar refractivity (Wildman–Crippen MR) is 86.0 cm³/mol. The molecule has 1 amide bonds. The summed E-state index contributed by atoms with van der Waals surface area (Å²) in [4.78, 5) is 14.7. The molecule has 20 heavy (non-hydrogen) atoms. The Balaban J connectivity index is 0.00000200. The van der Waals surface area contributed by atoms with Gasteiger partial charge in [0.15, 0.2) is 0 Å². The molecule has 0 radical (unpaired) electrons. The van der Waals surface area contributed by atoms with Crippen LogP contribution in [0.25, 0.3) is 0 Å². The molecule has 0 saturated carbocycles. The quantitative estimate of drug-likeness (QED) is 0.924. The van der Waals surface area contributed by atoms with E-state index in [4.69, 9.17) is 11.6 Å². The number of halogens is 2. The molecule has 1 saturated heterocycles. The molecule has 1 aromatic carbocycles. The maximum atomic E-state index is 12.7. The van der Waals surface area contributed by atoms with Crippen LogP contribution in [0.15, 0.2) is 18.2 Å². The van der Waals surface area contributed by atoms with Crippen LogP contribution in [0.1, 0.15) is 35.7 Å². The highest BCUT2D eigenvalue weighted by molar-refractivity contribution is 6.31. The lowest BCUT2D eigenvalue weighted by molar-refractivity contribution is 0.0691. The van der Waals surface area contributed by atoms with Gasteiger partial charge in [0.2, 0.25) is 0 Å². The van der Waals surface area contributed by atoms with Crippen molar-refractivity contribution < 1.29 is 4.79 Å². The number of hydrogen-bond donors (Lipinski definition) is 1. The zero-order chi connectivity index (χ0) is 13.8. The highest BCUT2D eigenvalue weighted by Crippen LogP contribution is 2.22. The lowest BCUT2D eigenvalue weighted by Gasteiger charge is -2.29. The van der Waals surface area contributed by atoms with E-state index in [1.807, 2.05) is 30.0 Å². The van der Waals surface area contributed by atoms with E-state index in [0.29, 0.717) is 11.1 Å². The van der Waals surface area contributed by atoms with Gasteiger partial charge in [0.25, 0.3) is 5.91 Å². The number of rotatable bonds is 4. The Morgan fingerprint density at radius 2 is 2.25 bits per heavy atom. The van der Waals surface area contributed by atoms with E-state index in [1.54, 1.807) is 0 Å². The molecule has 5 heteroatoms. The summed E-state index contributed by atoms with van der Waals surface area (Å²) in [5.74, 6) is 0.107. The van der Waals surface area contributed by atoms with Crippen LogP contribution in [0, 0.1) is 6.92 Å². The predicted octanol–water partition coefficient (Wildman–Crippen LogP) is 3.28. The second kappa shape index (κ2) is 7.87. The molecule has 1 aromatic rings. The summed E-state index contributed by atoms with van der Waals surface area (Å²) in [6, 6.07) is 5.86. The van der Waals surface area contributed by atoms with Gasteiger partial charge in [0.05, 0.1) is 0 Å². The van der Waals surface area contributed by atoms with Crippen LogP contribution in [-0.4, -0.2) is 36.5 Å². The summed E-state index contributed by atoms with van der Waals surface area (Å²) >= 11 is 6.12. The molecule has 0 bridgehead atoms. The standard InChI is InChI=1S/C15H21ClN2O.ClH/c1-3-9-18(12-7-8-17-10-12)15(19)13-5-4-6-14(16)11(13)2;/h4-6,12,17H,3,7-10H2,1-2H3;1H. The van der Waals surface area contributed by atoms with Crippen LogP contribution in [0.4, 0.5) is 0 Å². The molecule has 2 rings (SSSR count). The van der Waals surface area contributed by atoms with Crippen molar-refractivity contribution >= 4 is 29.9 Å². The third-order valence-electron chi connectivity index (χ3n) is 3.70. The molecule has 1 N–H and O–H groups in total. The monoisotopic (exact) mass is 316 g/mol. The highest BCUT2D eigenvalue weighted by atomic mass is 35.5. The first kappa shape index (κ1) is 17.3. The summed E-state index contributed by atoms with van der Waals surface area (Å²) in [5, 5.41) is 3.98. The Hall–Kier alpha value is -0.770. The third kappa shape index (κ3) is 3.66. The van der Waals surface area contributed by atoms with Gasteiger partial charge in [-0.2, -0.15) is 0 Å². The Morgan fingerprint density at radius 1 is 1.50 bits per heavy atom. The van der Waals surface area contributed by atoms with Gasteiger partial charge in [0, 0.05) is 29.7 Å². The van der Waals surface area contributed by atoms with Crippen molar-refractivity contribution in [1.29, 1.82) is 0 Å². The summed E-state index contributed by atoms with van der Waals surface area (Å²) < 4.78 is 0. The molecule has 0 aliphatic carbocycles. The molecule has 0 spiro atoms. The molecule has 1 atom stereocenters. The molecule has 1 unspecified atom stereocenters. The van der Waals surface area contributed by atoms with Crippen molar-refractivity contribution in [1.82, 2.24) is 10.2 Å². The van der Waals surface area contributed by atoms with Crippen LogP contribution >= 0.6 is 24.0 Å². The van der Waals surface area contributed by atoms with Crippen molar-refractivity contribution in [2.75, 3.05) is 19.6 Å². The zero-order valence-electron chi connectivity index (χ0n) is 12.0. The van der Waals surface area contributed by atoms with E-state index < -0.39 is 0 Å². The van der Waals surface area contributed by atoms with Gasteiger partial charge >= 0.3 is 0 Å². The first-order chi connectivity index (χ1) is 9.15. The molecule has 1 heterocycles. The number of carbonyl (C=O) groups is 1. The molecule has 1 aliphatic rings. The molecule has 1 aliphatic heterocycles. The number of amides is 1. The summed E-state index contributed by atoms with van der Waals surface area (Å²) in [7, 11) is 0. The van der Waals surface area contributed by atoms with Gasteiger partial charge in [-0.25, -0.2) is 0 Å². The topological polar surface area (TPSA) is 32.3 Å². The SMILES string of the molecule is CCCN(C(=O)c1cccc(Cl)c1C)C1CCNC1.Cl. The fourth-order valence-corrected chi connectivity index (χ4v) is 2.76. The normalized spacial score (nSPS) is 17.6. The second-order valence-corrected chi connectivity index (χ2v) is 5.46. The second-order valence-electron chi connectivity index (χ2n) is 5.06. The van der Waals surface area contributed by atoms with Crippen molar-refractivity contribution in [2.45, 2.75) is 32.7 Å². The average Bonchev–Trinajstić information content (AvgIpc) is 2.92. The minimum Gasteiger partial charge on any atom is -0.334 e. The van der Waals surface area contributed by atoms with Gasteiger partial charge in [0.1, 0.15) is 0 Å². The van der Waals surface area contributed by atoms with E-state index in [-0.39, 0.29) is 18.3 Å². The molecule has 1 fully saturated rings. The average molecular weight is 317 g/mol. The largest absolute Gasteiger partial charge is 0.334 e. The van der Waals surface area contributed by atoms with Gasteiger partial charge < -0.3 is 10.2 Å². The van der Waals surface area contributed by atoms with Crippen LogP contribution in [0.5, 0.6) is 0 Å². The van der Waals surface area contributed by atoms with Crippen molar-refractivity contribution in [3.63, 3.8) is 0 Å². The lowest BCUT2D eigenvalue weighted by atomic mass is 10.1. The maximum absolute atomic E-state index is 12.7. The van der Waals surface area contributed by atoms with E-state index in [2.05, 4.69) is 12.2 Å². The van der Waals surface area contributed by atoms with Gasteiger partial charge in [-0.15, -0.1) is 12.4 Å². The van der Waals surface area contributed by atoms with Crippen molar-refractivity contribution in [3.05, 3.63) is 34.3 Å². The number of benzene rings is 1. The highest BCUT2D eigenvalue weighted by Gasteiger charge is 2.27. The fourth-order valence-electron chi connectivity index (χ4n) is 2.59. The Morgan fingerprint density at radius 3 is 2.85 bits per heavy atom. The summed E-state index contributed by atoms with van der Waals surface area (Å²) in [6.07, 6.45) is 2.01. The Bertz CT molecular complexity index is 459. The molecule has 0 aromatic heterocycles. The van der Waals surface area contributed by atoms with E-state index >= 15 is 0 Å². The lowest BCUT2D eigenvalue weighted by Crippen LogP contribution is -2.42. The zero-order valence-corrected chi connectivity index (χ0v) is 13.6.